The first-order valence-electron chi connectivity index (χ1n) is 9.98. The maximum absolute atomic E-state index is 12.6. The van der Waals surface area contributed by atoms with Crippen LogP contribution in [0.3, 0.4) is 0 Å². The topological polar surface area (TPSA) is 102 Å². The lowest BCUT2D eigenvalue weighted by Crippen LogP contribution is -2.49. The number of likely N-dealkylation sites (tertiary alicyclic amines) is 1. The molecule has 1 aromatic rings. The number of methoxy groups -OCH3 is 1. The lowest BCUT2D eigenvalue weighted by atomic mass is 10.00. The normalized spacial score (nSPS) is 16.5. The van der Waals surface area contributed by atoms with E-state index >= 15 is 0 Å². The molecule has 2 rings (SSSR count). The van der Waals surface area contributed by atoms with E-state index in [1.54, 1.807) is 31.4 Å². The first-order valence-corrected chi connectivity index (χ1v) is 9.98. The van der Waals surface area contributed by atoms with Gasteiger partial charge in [0, 0.05) is 50.5 Å². The number of carbonyl (C=O) groups is 3. The molecule has 0 aliphatic carbocycles. The molecule has 3 N–H and O–H groups in total. The Morgan fingerprint density at radius 3 is 2.57 bits per heavy atom. The van der Waals surface area contributed by atoms with Crippen molar-refractivity contribution in [3.8, 4) is 5.75 Å². The predicted molar refractivity (Wildman–Crippen MR) is 107 cm³/mol. The van der Waals surface area contributed by atoms with Gasteiger partial charge in [-0.2, -0.15) is 0 Å². The summed E-state index contributed by atoms with van der Waals surface area (Å²) in [5.74, 6) is 0.715. The second-order valence-corrected chi connectivity index (χ2v) is 7.08. The van der Waals surface area contributed by atoms with Gasteiger partial charge in [-0.05, 0) is 49.9 Å². The summed E-state index contributed by atoms with van der Waals surface area (Å²) >= 11 is 0. The highest BCUT2D eigenvalue weighted by Crippen LogP contribution is 2.19. The van der Waals surface area contributed by atoms with E-state index in [9.17, 15) is 14.4 Å². The van der Waals surface area contributed by atoms with Crippen molar-refractivity contribution in [2.75, 3.05) is 26.7 Å². The summed E-state index contributed by atoms with van der Waals surface area (Å²) in [6.45, 7) is 1.50. The second kappa shape index (κ2) is 11.4. The molecule has 1 aliphatic heterocycles. The van der Waals surface area contributed by atoms with Crippen molar-refractivity contribution >= 4 is 17.6 Å². The largest absolute Gasteiger partial charge is 0.497 e. The number of piperidine rings is 1. The van der Waals surface area contributed by atoms with Gasteiger partial charge in [0.2, 0.25) is 11.8 Å². The van der Waals surface area contributed by atoms with Crippen LogP contribution in [0.25, 0.3) is 0 Å². The molecule has 2 amide bonds. The molecular formula is C21H31N3O4. The predicted octanol–water partition coefficient (Wildman–Crippen LogP) is 1.89. The van der Waals surface area contributed by atoms with E-state index in [0.29, 0.717) is 56.6 Å². The molecule has 154 valence electrons. The van der Waals surface area contributed by atoms with E-state index in [0.717, 1.165) is 19.3 Å². The molecule has 1 aliphatic rings. The van der Waals surface area contributed by atoms with Gasteiger partial charge in [-0.15, -0.1) is 0 Å². The highest BCUT2D eigenvalue weighted by molar-refractivity contribution is 5.96. The van der Waals surface area contributed by atoms with Crippen LogP contribution in [0.1, 0.15) is 55.3 Å². The Morgan fingerprint density at radius 1 is 1.14 bits per heavy atom. The van der Waals surface area contributed by atoms with Gasteiger partial charge in [-0.1, -0.05) is 0 Å². The quantitative estimate of drug-likeness (QED) is 0.595. The molecule has 0 saturated carbocycles. The Hall–Kier alpha value is -2.41. The second-order valence-electron chi connectivity index (χ2n) is 7.08. The van der Waals surface area contributed by atoms with Crippen LogP contribution >= 0.6 is 0 Å². The molecule has 28 heavy (non-hydrogen) atoms. The molecular weight excluding hydrogens is 358 g/mol. The van der Waals surface area contributed by atoms with Gasteiger partial charge in [-0.25, -0.2) is 0 Å². The first kappa shape index (κ1) is 21.9. The van der Waals surface area contributed by atoms with Gasteiger partial charge in [-0.3, -0.25) is 14.4 Å². The lowest BCUT2D eigenvalue weighted by Gasteiger charge is -2.36. The van der Waals surface area contributed by atoms with Crippen LogP contribution in [0.15, 0.2) is 24.3 Å². The molecule has 0 spiro atoms. The van der Waals surface area contributed by atoms with E-state index in [1.807, 2.05) is 4.90 Å². The van der Waals surface area contributed by atoms with Crippen molar-refractivity contribution in [3.63, 3.8) is 0 Å². The minimum absolute atomic E-state index is 0.0275. The number of ether oxygens (including phenoxy) is 1. The number of nitrogens with zero attached hydrogens (tertiary/aromatic N) is 1. The van der Waals surface area contributed by atoms with Gasteiger partial charge in [0.15, 0.2) is 5.78 Å². The average Bonchev–Trinajstić information content (AvgIpc) is 2.72. The maximum Gasteiger partial charge on any atom is 0.222 e. The van der Waals surface area contributed by atoms with Crippen molar-refractivity contribution < 1.29 is 19.1 Å². The summed E-state index contributed by atoms with van der Waals surface area (Å²) in [4.78, 5) is 38.4. The number of hydrogen-bond donors (Lipinski definition) is 2. The number of ketones is 1. The SMILES string of the molecule is COc1ccc(C(=O)CCCC(=O)N2CCCCC2CNC(=O)CCN)cc1. The van der Waals surface area contributed by atoms with Crippen molar-refractivity contribution in [2.45, 2.75) is 51.0 Å². The van der Waals surface area contributed by atoms with Crippen LogP contribution in [0.5, 0.6) is 5.75 Å². The molecule has 1 aromatic carbocycles. The Kier molecular flexibility index (Phi) is 8.94. The van der Waals surface area contributed by atoms with E-state index < -0.39 is 0 Å². The molecule has 1 unspecified atom stereocenters. The van der Waals surface area contributed by atoms with Gasteiger partial charge < -0.3 is 20.7 Å². The third kappa shape index (κ3) is 6.64. The van der Waals surface area contributed by atoms with E-state index in [4.69, 9.17) is 10.5 Å². The molecule has 0 radical (unpaired) electrons. The van der Waals surface area contributed by atoms with Crippen molar-refractivity contribution in [2.24, 2.45) is 5.73 Å². The fourth-order valence-corrected chi connectivity index (χ4v) is 3.46. The Bertz CT molecular complexity index is 660. The summed E-state index contributed by atoms with van der Waals surface area (Å²) in [5, 5.41) is 2.87. The molecule has 1 saturated heterocycles. The molecule has 7 nitrogen and oxygen atoms in total. The number of benzene rings is 1. The smallest absolute Gasteiger partial charge is 0.222 e. The minimum Gasteiger partial charge on any atom is -0.497 e. The van der Waals surface area contributed by atoms with Crippen molar-refractivity contribution in [1.82, 2.24) is 10.2 Å². The molecule has 0 bridgehead atoms. The number of hydrogen-bond acceptors (Lipinski definition) is 5. The summed E-state index contributed by atoms with van der Waals surface area (Å²) in [5.41, 5.74) is 6.02. The fraction of sp³-hybridized carbons (Fsp3) is 0.571. The van der Waals surface area contributed by atoms with Crippen molar-refractivity contribution in [1.29, 1.82) is 0 Å². The van der Waals surface area contributed by atoms with Crippen LogP contribution < -0.4 is 15.8 Å². The Morgan fingerprint density at radius 2 is 1.89 bits per heavy atom. The molecule has 1 fully saturated rings. The summed E-state index contributed by atoms with van der Waals surface area (Å²) in [7, 11) is 1.58. The fourth-order valence-electron chi connectivity index (χ4n) is 3.46. The van der Waals surface area contributed by atoms with Crippen LogP contribution in [-0.4, -0.2) is 55.3 Å². The average molecular weight is 389 g/mol. The summed E-state index contributed by atoms with van der Waals surface area (Å²) in [6, 6.07) is 7.03. The summed E-state index contributed by atoms with van der Waals surface area (Å²) in [6.07, 6.45) is 4.42. The number of amides is 2. The zero-order valence-electron chi connectivity index (χ0n) is 16.6. The first-order chi connectivity index (χ1) is 13.5. The third-order valence-electron chi connectivity index (χ3n) is 5.06. The number of rotatable bonds is 10. The molecule has 7 heteroatoms. The highest BCUT2D eigenvalue weighted by Gasteiger charge is 2.26. The van der Waals surface area contributed by atoms with Crippen molar-refractivity contribution in [3.05, 3.63) is 29.8 Å². The number of carbonyl (C=O) groups excluding carboxylic acids is 3. The van der Waals surface area contributed by atoms with Crippen LogP contribution in [-0.2, 0) is 9.59 Å². The van der Waals surface area contributed by atoms with Gasteiger partial charge in [0.05, 0.1) is 7.11 Å². The van der Waals surface area contributed by atoms with Gasteiger partial charge >= 0.3 is 0 Å². The zero-order valence-corrected chi connectivity index (χ0v) is 16.6. The van der Waals surface area contributed by atoms with E-state index in [2.05, 4.69) is 5.32 Å². The summed E-state index contributed by atoms with van der Waals surface area (Å²) < 4.78 is 5.09. The standard InChI is InChI=1S/C21H31N3O4/c1-28-18-10-8-16(9-11-18)19(25)6-4-7-21(27)24-14-3-2-5-17(24)15-23-20(26)12-13-22/h8-11,17H,2-7,12-15,22H2,1H3,(H,23,26). The third-order valence-corrected chi connectivity index (χ3v) is 5.06. The van der Waals surface area contributed by atoms with Crippen LogP contribution in [0, 0.1) is 0 Å². The van der Waals surface area contributed by atoms with Crippen LogP contribution in [0.4, 0.5) is 0 Å². The minimum atomic E-state index is -0.0782. The molecule has 1 atom stereocenters. The van der Waals surface area contributed by atoms with E-state index in [1.165, 1.54) is 0 Å². The Balaban J connectivity index is 1.79. The molecule has 0 aromatic heterocycles. The number of Topliss-reactive ketones (excluding diaryl/α,β-unsaturated/α-hetero) is 1. The zero-order chi connectivity index (χ0) is 20.4. The maximum atomic E-state index is 12.6. The van der Waals surface area contributed by atoms with Gasteiger partial charge in [0.1, 0.15) is 5.75 Å². The number of nitrogens with one attached hydrogen (secondary N) is 1. The Labute approximate surface area is 166 Å². The number of nitrogens with two attached hydrogens (primary N) is 1. The van der Waals surface area contributed by atoms with Crippen LogP contribution in [0.2, 0.25) is 0 Å². The van der Waals surface area contributed by atoms with Gasteiger partial charge in [0.25, 0.3) is 0 Å². The van der Waals surface area contributed by atoms with E-state index in [-0.39, 0.29) is 23.6 Å². The monoisotopic (exact) mass is 389 g/mol. The molecule has 1 heterocycles. The highest BCUT2D eigenvalue weighted by atomic mass is 16.5. The lowest BCUT2D eigenvalue weighted by molar-refractivity contribution is -0.135.